The first-order valence-electron chi connectivity index (χ1n) is 10.6. The second kappa shape index (κ2) is 12.0. The van der Waals surface area contributed by atoms with Crippen molar-refractivity contribution >= 4 is 5.84 Å². The Bertz CT molecular complexity index is 695. The molecule has 1 saturated heterocycles. The topological polar surface area (TPSA) is 108 Å². The smallest absolute Gasteiger partial charge is 0.142 e. The van der Waals surface area contributed by atoms with Crippen molar-refractivity contribution in [2.45, 2.75) is 31.8 Å². The largest absolute Gasteiger partial charge is 0.380 e. The van der Waals surface area contributed by atoms with Crippen LogP contribution >= 0.6 is 0 Å². The van der Waals surface area contributed by atoms with Crippen molar-refractivity contribution in [2.75, 3.05) is 46.5 Å². The lowest BCUT2D eigenvalue weighted by Gasteiger charge is -2.28. The van der Waals surface area contributed by atoms with Crippen molar-refractivity contribution in [1.29, 1.82) is 0 Å². The van der Waals surface area contributed by atoms with Crippen LogP contribution in [0.1, 0.15) is 24.1 Å². The van der Waals surface area contributed by atoms with E-state index in [0.717, 1.165) is 50.8 Å². The summed E-state index contributed by atoms with van der Waals surface area (Å²) in [5.74, 6) is 0.797. The molecule has 1 aromatic carbocycles. The second-order valence-electron chi connectivity index (χ2n) is 7.31. The van der Waals surface area contributed by atoms with Crippen LogP contribution in [-0.4, -0.2) is 69.6 Å². The Balaban J connectivity index is 1.43. The molecule has 2 aliphatic heterocycles. The normalized spacial score (nSPS) is 23.6. The molecule has 30 heavy (non-hydrogen) atoms. The molecule has 0 radical (unpaired) electrons. The van der Waals surface area contributed by atoms with Crippen LogP contribution in [0.3, 0.4) is 0 Å². The van der Waals surface area contributed by atoms with Gasteiger partial charge in [-0.3, -0.25) is 0 Å². The maximum Gasteiger partial charge on any atom is 0.142 e. The Morgan fingerprint density at radius 2 is 2.07 bits per heavy atom. The summed E-state index contributed by atoms with van der Waals surface area (Å²) in [4.78, 5) is 4.51. The van der Waals surface area contributed by atoms with Gasteiger partial charge in [-0.2, -0.15) is 5.01 Å². The number of amidine groups is 1. The second-order valence-corrected chi connectivity index (χ2v) is 7.31. The SMILES string of the molecule is CCOCCNCCO[C@@H]1CN1NC1=NC=CNC1C(N)c1ccc(CNC)cc1. The number of benzene rings is 1. The number of ether oxygens (including phenoxy) is 2. The molecule has 0 spiro atoms. The lowest BCUT2D eigenvalue weighted by atomic mass is 9.97. The molecule has 166 valence electrons. The zero-order chi connectivity index (χ0) is 21.2. The van der Waals surface area contributed by atoms with Gasteiger partial charge in [-0.05, 0) is 25.1 Å². The molecule has 0 amide bonds. The van der Waals surface area contributed by atoms with Crippen LogP contribution in [0.5, 0.6) is 0 Å². The molecule has 0 aromatic heterocycles. The van der Waals surface area contributed by atoms with Crippen molar-refractivity contribution in [2.24, 2.45) is 10.7 Å². The van der Waals surface area contributed by atoms with Crippen LogP contribution in [0.2, 0.25) is 0 Å². The Morgan fingerprint density at radius 3 is 2.83 bits per heavy atom. The van der Waals surface area contributed by atoms with E-state index in [0.29, 0.717) is 6.61 Å². The Morgan fingerprint density at radius 1 is 1.27 bits per heavy atom. The van der Waals surface area contributed by atoms with Gasteiger partial charge in [0.1, 0.15) is 18.1 Å². The molecule has 3 rings (SSSR count). The molecule has 1 fully saturated rings. The Kier molecular flexibility index (Phi) is 9.06. The van der Waals surface area contributed by atoms with Gasteiger partial charge in [0, 0.05) is 38.6 Å². The molecule has 9 nitrogen and oxygen atoms in total. The van der Waals surface area contributed by atoms with Crippen molar-refractivity contribution < 1.29 is 9.47 Å². The first-order valence-corrected chi connectivity index (χ1v) is 10.6. The molecule has 2 heterocycles. The number of nitrogens with zero attached hydrogens (tertiary/aromatic N) is 2. The average Bonchev–Trinajstić information content (AvgIpc) is 3.51. The van der Waals surface area contributed by atoms with Gasteiger partial charge in [-0.25, -0.2) is 4.99 Å². The zero-order valence-corrected chi connectivity index (χ0v) is 17.9. The van der Waals surface area contributed by atoms with Gasteiger partial charge < -0.3 is 36.6 Å². The highest BCUT2D eigenvalue weighted by molar-refractivity contribution is 5.89. The van der Waals surface area contributed by atoms with Crippen LogP contribution in [0.15, 0.2) is 41.7 Å². The van der Waals surface area contributed by atoms with Crippen molar-refractivity contribution in [3.8, 4) is 0 Å². The standard InChI is InChI=1S/C21H35N7O2/c1-3-29-12-10-24-11-13-30-18-15-28(18)27-21-20(25-8-9-26-21)19(22)17-6-4-16(5-7-17)14-23-2/h4-9,18-20,23-25H,3,10-15,22H2,1-2H3,(H,26,27)/t18-,19?,20?,28?/m1/s1. The van der Waals surface area contributed by atoms with Crippen LogP contribution in [0, 0.1) is 0 Å². The molecule has 0 bridgehead atoms. The summed E-state index contributed by atoms with van der Waals surface area (Å²) >= 11 is 0. The van der Waals surface area contributed by atoms with Gasteiger partial charge in [-0.15, -0.1) is 0 Å². The van der Waals surface area contributed by atoms with Crippen molar-refractivity contribution in [1.82, 2.24) is 26.4 Å². The number of hydrogen-bond acceptors (Lipinski definition) is 9. The lowest BCUT2D eigenvalue weighted by molar-refractivity contribution is 0.0765. The van der Waals surface area contributed by atoms with Gasteiger partial charge in [-0.1, -0.05) is 24.3 Å². The molecular formula is C21H35N7O2. The fourth-order valence-corrected chi connectivity index (χ4v) is 3.26. The van der Waals surface area contributed by atoms with Gasteiger partial charge in [0.2, 0.25) is 0 Å². The fraction of sp³-hybridized carbons (Fsp3) is 0.571. The van der Waals surface area contributed by atoms with Crippen molar-refractivity contribution in [3.63, 3.8) is 0 Å². The molecule has 0 saturated carbocycles. The minimum atomic E-state index is -0.223. The summed E-state index contributed by atoms with van der Waals surface area (Å²) in [5, 5.41) is 11.8. The lowest BCUT2D eigenvalue weighted by Crippen LogP contribution is -2.51. The van der Waals surface area contributed by atoms with E-state index in [9.17, 15) is 0 Å². The highest BCUT2D eigenvalue weighted by atomic mass is 16.5. The van der Waals surface area contributed by atoms with E-state index in [1.807, 2.05) is 25.2 Å². The molecule has 4 atom stereocenters. The predicted octanol–water partition coefficient (Wildman–Crippen LogP) is 0.0363. The Labute approximate surface area is 179 Å². The molecule has 0 aliphatic carbocycles. The summed E-state index contributed by atoms with van der Waals surface area (Å²) in [7, 11) is 1.94. The number of hydrazine groups is 1. The Hall–Kier alpha value is -2.01. The van der Waals surface area contributed by atoms with E-state index in [4.69, 9.17) is 15.2 Å². The third-order valence-electron chi connectivity index (χ3n) is 5.00. The van der Waals surface area contributed by atoms with E-state index in [2.05, 4.69) is 50.6 Å². The summed E-state index contributed by atoms with van der Waals surface area (Å²) < 4.78 is 11.2. The van der Waals surface area contributed by atoms with Gasteiger partial charge >= 0.3 is 0 Å². The number of hydrogen-bond donors (Lipinski definition) is 5. The van der Waals surface area contributed by atoms with E-state index >= 15 is 0 Å². The summed E-state index contributed by atoms with van der Waals surface area (Å²) in [6, 6.07) is 8.01. The maximum absolute atomic E-state index is 6.56. The van der Waals surface area contributed by atoms with E-state index in [1.54, 1.807) is 6.20 Å². The molecule has 9 heteroatoms. The van der Waals surface area contributed by atoms with Crippen LogP contribution < -0.4 is 27.1 Å². The van der Waals surface area contributed by atoms with E-state index < -0.39 is 0 Å². The molecule has 1 aromatic rings. The quantitative estimate of drug-likeness (QED) is 0.226. The predicted molar refractivity (Wildman–Crippen MR) is 119 cm³/mol. The van der Waals surface area contributed by atoms with Crippen LogP contribution in [0.25, 0.3) is 0 Å². The third-order valence-corrected chi connectivity index (χ3v) is 5.00. The van der Waals surface area contributed by atoms with Crippen molar-refractivity contribution in [3.05, 3.63) is 47.8 Å². The number of rotatable bonds is 13. The monoisotopic (exact) mass is 417 g/mol. The van der Waals surface area contributed by atoms with E-state index in [-0.39, 0.29) is 18.3 Å². The van der Waals surface area contributed by atoms with Crippen LogP contribution in [-0.2, 0) is 16.0 Å². The zero-order valence-electron chi connectivity index (χ0n) is 17.9. The molecule has 3 unspecified atom stereocenters. The molecule has 2 aliphatic rings. The first kappa shape index (κ1) is 22.7. The minimum absolute atomic E-state index is 0.0602. The highest BCUT2D eigenvalue weighted by Crippen LogP contribution is 2.20. The van der Waals surface area contributed by atoms with Gasteiger partial charge in [0.05, 0.1) is 25.8 Å². The third kappa shape index (κ3) is 6.76. The van der Waals surface area contributed by atoms with Gasteiger partial charge in [0.15, 0.2) is 0 Å². The summed E-state index contributed by atoms with van der Waals surface area (Å²) in [6.45, 7) is 7.44. The number of aliphatic imine (C=N–C) groups is 1. The van der Waals surface area contributed by atoms with Gasteiger partial charge in [0.25, 0.3) is 0 Å². The highest BCUT2D eigenvalue weighted by Gasteiger charge is 2.38. The average molecular weight is 418 g/mol. The van der Waals surface area contributed by atoms with E-state index in [1.165, 1.54) is 5.56 Å². The number of nitrogens with two attached hydrogens (primary N) is 1. The maximum atomic E-state index is 6.56. The molecular weight excluding hydrogens is 382 g/mol. The first-order chi connectivity index (χ1) is 14.7. The summed E-state index contributed by atoms with van der Waals surface area (Å²) in [5.41, 5.74) is 12.2. The number of nitrogens with one attached hydrogen (secondary N) is 4. The van der Waals surface area contributed by atoms with Crippen LogP contribution in [0.4, 0.5) is 0 Å². The minimum Gasteiger partial charge on any atom is -0.380 e. The fourth-order valence-electron chi connectivity index (χ4n) is 3.26. The molecule has 6 N–H and O–H groups in total. The summed E-state index contributed by atoms with van der Waals surface area (Å²) in [6.07, 6.45) is 3.63.